The third kappa shape index (κ3) is 2.84. The Kier molecular flexibility index (Phi) is 4.74. The van der Waals surface area contributed by atoms with Crippen molar-refractivity contribution in [1.29, 1.82) is 0 Å². The van der Waals surface area contributed by atoms with Crippen LogP contribution in [0.5, 0.6) is 5.75 Å². The van der Waals surface area contributed by atoms with Gasteiger partial charge in [-0.1, -0.05) is 77.2 Å². The van der Waals surface area contributed by atoms with Crippen LogP contribution >= 0.6 is 40.5 Å². The number of hydrogen-bond acceptors (Lipinski definition) is 1. The van der Waals surface area contributed by atoms with Crippen LogP contribution in [0.15, 0.2) is 72.8 Å². The topological polar surface area (TPSA) is 20.2 Å². The molecule has 0 saturated heterocycles. The lowest BCUT2D eigenvalue weighted by molar-refractivity contribution is 0.488. The highest BCUT2D eigenvalue weighted by molar-refractivity contribution is 14.3. The van der Waals surface area contributed by atoms with Gasteiger partial charge in [0, 0.05) is 10.8 Å². The fourth-order valence-corrected chi connectivity index (χ4v) is 6.19. The highest BCUT2D eigenvalue weighted by Crippen LogP contribution is 2.42. The van der Waals surface area contributed by atoms with E-state index < -0.39 is 7.58 Å². The quantitative estimate of drug-likeness (QED) is 0.187. The molecule has 0 atom stereocenters. The number of phenols is 1. The van der Waals surface area contributed by atoms with E-state index in [1.165, 1.54) is 15.6 Å². The van der Waals surface area contributed by atoms with Crippen LogP contribution in [0.4, 0.5) is 0 Å². The molecule has 4 heteroatoms. The molecular formula is C20H13AlI2O. The molecular weight excluding hydrogens is 537 g/mol. The first-order chi connectivity index (χ1) is 11.7. The zero-order valence-electron chi connectivity index (χ0n) is 12.7. The number of aromatic hydroxyl groups is 1. The smallest absolute Gasteiger partial charge is 0.481 e. The molecule has 0 heterocycles. The van der Waals surface area contributed by atoms with Crippen molar-refractivity contribution in [3.63, 3.8) is 0 Å². The van der Waals surface area contributed by atoms with E-state index in [4.69, 9.17) is 0 Å². The van der Waals surface area contributed by atoms with Crippen LogP contribution in [0.2, 0.25) is 0 Å². The summed E-state index contributed by atoms with van der Waals surface area (Å²) in [6, 6.07) is 25.1. The fraction of sp³-hybridized carbons (Fsp3) is 0. The molecule has 4 rings (SSSR count). The summed E-state index contributed by atoms with van der Waals surface area (Å²) in [5.41, 5.74) is 2.40. The second-order valence-electron chi connectivity index (χ2n) is 5.74. The predicted molar refractivity (Wildman–Crippen MR) is 122 cm³/mol. The van der Waals surface area contributed by atoms with Gasteiger partial charge in [0.15, 0.2) is 0 Å². The lowest BCUT2D eigenvalue weighted by Gasteiger charge is -2.14. The van der Waals surface area contributed by atoms with Crippen LogP contribution in [0.1, 0.15) is 0 Å². The third-order valence-corrected chi connectivity index (χ3v) is 9.56. The molecule has 0 aliphatic rings. The van der Waals surface area contributed by atoms with Crippen LogP contribution in [0.3, 0.4) is 0 Å². The summed E-state index contributed by atoms with van der Waals surface area (Å²) < 4.78 is 1.45. The standard InChI is InChI=1S/C20H13O.Al.2HI/c21-20-17-12-6-4-10-15(17)19(14-8-2-1-3-9-14)16-11-5-7-13-18(16)20;;;/h2-13,21H;;2*1H/q;+2;;/p-2. The summed E-state index contributed by atoms with van der Waals surface area (Å²) >= 11 is 5.12. The van der Waals surface area contributed by atoms with Crippen LogP contribution in [-0.2, 0) is 0 Å². The van der Waals surface area contributed by atoms with Gasteiger partial charge in [0.25, 0.3) is 0 Å². The number of phenolic OH excluding ortho intramolecular Hbond substituents is 1. The van der Waals surface area contributed by atoms with Crippen LogP contribution in [-0.4, -0.2) is 12.7 Å². The van der Waals surface area contributed by atoms with Crippen molar-refractivity contribution in [2.75, 3.05) is 0 Å². The number of fused-ring (bicyclic) bond motifs is 2. The number of hydrogen-bond donors (Lipinski definition) is 1. The molecule has 0 fully saturated rings. The average molecular weight is 550 g/mol. The molecule has 0 amide bonds. The van der Waals surface area contributed by atoms with E-state index in [-0.39, 0.29) is 0 Å². The second-order valence-corrected chi connectivity index (χ2v) is 21.6. The lowest BCUT2D eigenvalue weighted by Crippen LogP contribution is -2.15. The van der Waals surface area contributed by atoms with Crippen molar-refractivity contribution in [2.45, 2.75) is 0 Å². The minimum atomic E-state index is -0.850. The molecule has 1 N–H and O–H groups in total. The molecule has 0 aromatic heterocycles. The highest BCUT2D eigenvalue weighted by atomic mass is 127. The summed E-state index contributed by atoms with van der Waals surface area (Å²) in [5, 5.41) is 14.7. The van der Waals surface area contributed by atoms with Gasteiger partial charge in [-0.15, -0.1) is 0 Å². The molecule has 116 valence electrons. The van der Waals surface area contributed by atoms with Gasteiger partial charge in [-0.2, -0.15) is 40.5 Å². The van der Waals surface area contributed by atoms with Gasteiger partial charge in [0.05, 0.1) is 0 Å². The van der Waals surface area contributed by atoms with E-state index >= 15 is 0 Å². The summed E-state index contributed by atoms with van der Waals surface area (Å²) in [6.45, 7) is 0. The van der Waals surface area contributed by atoms with Crippen molar-refractivity contribution in [3.8, 4) is 16.9 Å². The van der Waals surface area contributed by atoms with Gasteiger partial charge in [-0.05, 0) is 21.9 Å². The normalized spacial score (nSPS) is 11.1. The Morgan fingerprint density at radius 1 is 0.625 bits per heavy atom. The van der Waals surface area contributed by atoms with Gasteiger partial charge < -0.3 is 5.11 Å². The first-order valence-electron chi connectivity index (χ1n) is 7.67. The highest BCUT2D eigenvalue weighted by Gasteiger charge is 2.15. The van der Waals surface area contributed by atoms with E-state index in [0.29, 0.717) is 5.75 Å². The summed E-state index contributed by atoms with van der Waals surface area (Å²) in [7, 11) is -0.850. The Morgan fingerprint density at radius 2 is 1.08 bits per heavy atom. The Bertz CT molecular complexity index is 986. The Balaban J connectivity index is 2.10. The zero-order valence-corrected chi connectivity index (χ0v) is 18.2. The number of halogens is 2. The fourth-order valence-electron chi connectivity index (χ4n) is 3.21. The number of rotatable bonds is 2. The van der Waals surface area contributed by atoms with E-state index in [1.54, 1.807) is 0 Å². The minimum absolute atomic E-state index is 0.369. The molecule has 1 nitrogen and oxygen atoms in total. The number of benzene rings is 4. The van der Waals surface area contributed by atoms with Crippen LogP contribution < -0.4 is 4.43 Å². The van der Waals surface area contributed by atoms with Gasteiger partial charge in [0.2, 0.25) is 0 Å². The molecule has 24 heavy (non-hydrogen) atoms. The largest absolute Gasteiger partial charge is 0.507 e. The second kappa shape index (κ2) is 6.83. The van der Waals surface area contributed by atoms with E-state index in [9.17, 15) is 5.11 Å². The Morgan fingerprint density at radius 3 is 1.54 bits per heavy atom. The van der Waals surface area contributed by atoms with Crippen molar-refractivity contribution >= 4 is 74.1 Å². The maximum atomic E-state index is 10.7. The first-order valence-corrected chi connectivity index (χ1v) is 16.6. The molecule has 0 spiro atoms. The summed E-state index contributed by atoms with van der Waals surface area (Å²) in [6.07, 6.45) is 0. The minimum Gasteiger partial charge on any atom is -0.507 e. The molecule has 4 aromatic carbocycles. The molecule has 0 bridgehead atoms. The SMILES string of the molecule is Oc1c2ccccc2c(-c2cc[c]([Al]([I])[I])cc2)c2ccccc12. The monoisotopic (exact) mass is 550 g/mol. The molecule has 0 radical (unpaired) electrons. The molecule has 0 aliphatic carbocycles. The van der Waals surface area contributed by atoms with Gasteiger partial charge >= 0.3 is 7.58 Å². The molecule has 4 aromatic rings. The zero-order chi connectivity index (χ0) is 16.7. The summed E-state index contributed by atoms with van der Waals surface area (Å²) in [4.78, 5) is 0. The van der Waals surface area contributed by atoms with Crippen LogP contribution in [0, 0.1) is 0 Å². The maximum absolute atomic E-state index is 10.7. The average Bonchev–Trinajstić information content (AvgIpc) is 2.62. The van der Waals surface area contributed by atoms with Gasteiger partial charge in [0.1, 0.15) is 5.75 Å². The van der Waals surface area contributed by atoms with Gasteiger partial charge in [-0.3, -0.25) is 0 Å². The molecule has 0 unspecified atom stereocenters. The Labute approximate surface area is 167 Å². The van der Waals surface area contributed by atoms with Crippen molar-refractivity contribution in [1.82, 2.24) is 0 Å². The molecule has 0 aliphatic heterocycles. The third-order valence-electron chi connectivity index (χ3n) is 4.35. The van der Waals surface area contributed by atoms with Gasteiger partial charge in [-0.25, -0.2) is 0 Å². The maximum Gasteiger partial charge on any atom is 0.481 e. The lowest BCUT2D eigenvalue weighted by atomic mass is 9.91. The molecule has 0 saturated carbocycles. The summed E-state index contributed by atoms with van der Waals surface area (Å²) in [5.74, 6) is 0.369. The Hall–Kier alpha value is -0.808. The van der Waals surface area contributed by atoms with E-state index in [1.807, 2.05) is 36.4 Å². The van der Waals surface area contributed by atoms with Crippen LogP contribution in [0.25, 0.3) is 32.7 Å². The van der Waals surface area contributed by atoms with Crippen molar-refractivity contribution < 1.29 is 5.11 Å². The first kappa shape index (κ1) is 16.6. The van der Waals surface area contributed by atoms with Crippen molar-refractivity contribution in [3.05, 3.63) is 72.8 Å². The van der Waals surface area contributed by atoms with Crippen molar-refractivity contribution in [2.24, 2.45) is 0 Å². The van der Waals surface area contributed by atoms with E-state index in [2.05, 4.69) is 76.9 Å². The van der Waals surface area contributed by atoms with E-state index in [0.717, 1.165) is 21.5 Å². The predicted octanol–water partition coefficient (Wildman–Crippen LogP) is 5.93.